The number of carbonyl (C=O) groups excluding carboxylic acids is 1. The predicted molar refractivity (Wildman–Crippen MR) is 83.1 cm³/mol. The van der Waals surface area contributed by atoms with Gasteiger partial charge in [-0.15, -0.1) is 0 Å². The van der Waals surface area contributed by atoms with Crippen LogP contribution in [-0.2, 0) is 4.79 Å². The lowest BCUT2D eigenvalue weighted by Crippen LogP contribution is -2.52. The number of halogens is 1. The van der Waals surface area contributed by atoms with Crippen molar-refractivity contribution < 1.29 is 19.0 Å². The monoisotopic (exact) mass is 315 g/mol. The second-order valence-corrected chi connectivity index (χ2v) is 6.36. The van der Waals surface area contributed by atoms with Gasteiger partial charge in [0.1, 0.15) is 11.6 Å². The van der Waals surface area contributed by atoms with Crippen molar-refractivity contribution in [3.05, 3.63) is 30.1 Å². The highest BCUT2D eigenvalue weighted by molar-refractivity contribution is 7.99. The molecule has 2 atom stereocenters. The van der Waals surface area contributed by atoms with Gasteiger partial charge in [0.15, 0.2) is 5.60 Å². The molecule has 1 rings (SSSR count). The number of rotatable bonds is 7. The van der Waals surface area contributed by atoms with Crippen molar-refractivity contribution in [2.45, 2.75) is 37.7 Å². The van der Waals surface area contributed by atoms with Crippen LogP contribution in [0.5, 0.6) is 5.75 Å². The largest absolute Gasteiger partial charge is 0.478 e. The topological polar surface area (TPSA) is 58.6 Å². The van der Waals surface area contributed by atoms with E-state index in [9.17, 15) is 14.3 Å². The van der Waals surface area contributed by atoms with E-state index in [0.717, 1.165) is 0 Å². The van der Waals surface area contributed by atoms with Crippen molar-refractivity contribution in [3.8, 4) is 5.75 Å². The Balaban J connectivity index is 2.68. The Bertz CT molecular complexity index is 460. The molecule has 1 amide bonds. The third-order valence-corrected chi connectivity index (χ3v) is 4.30. The lowest BCUT2D eigenvalue weighted by atomic mass is 10.1. The molecule has 0 aliphatic carbocycles. The van der Waals surface area contributed by atoms with Gasteiger partial charge in [-0.25, -0.2) is 4.39 Å². The summed E-state index contributed by atoms with van der Waals surface area (Å²) < 4.78 is 18.5. The molecule has 0 fully saturated rings. The Hall–Kier alpha value is -1.27. The van der Waals surface area contributed by atoms with E-state index >= 15 is 0 Å². The number of ether oxygens (including phenoxy) is 1. The number of benzene rings is 1. The van der Waals surface area contributed by atoms with Crippen LogP contribution >= 0.6 is 11.8 Å². The van der Waals surface area contributed by atoms with Gasteiger partial charge in [0.05, 0.1) is 6.61 Å². The molecule has 0 saturated heterocycles. The molecule has 6 heteroatoms. The molecule has 0 heterocycles. The molecule has 2 unspecified atom stereocenters. The third-order valence-electron chi connectivity index (χ3n) is 3.13. The normalized spacial score (nSPS) is 14.4. The molecule has 0 saturated carbocycles. The molecule has 118 valence electrons. The van der Waals surface area contributed by atoms with Gasteiger partial charge >= 0.3 is 0 Å². The number of hydrogen-bond donors (Lipinski definition) is 2. The van der Waals surface area contributed by atoms with Gasteiger partial charge in [-0.3, -0.25) is 4.79 Å². The fourth-order valence-electron chi connectivity index (χ4n) is 1.75. The average Bonchev–Trinajstić information content (AvgIpc) is 2.42. The molecule has 0 aromatic heterocycles. The Morgan fingerprint density at radius 2 is 2.00 bits per heavy atom. The molecule has 1 aromatic rings. The second-order valence-electron chi connectivity index (χ2n) is 5.29. The maximum absolute atomic E-state index is 12.9. The van der Waals surface area contributed by atoms with Crippen LogP contribution in [0.3, 0.4) is 0 Å². The van der Waals surface area contributed by atoms with E-state index in [1.807, 2.05) is 13.2 Å². The summed E-state index contributed by atoms with van der Waals surface area (Å²) in [5, 5.41) is 12.0. The van der Waals surface area contributed by atoms with Crippen LogP contribution in [0.2, 0.25) is 0 Å². The molecule has 4 nitrogen and oxygen atoms in total. The Morgan fingerprint density at radius 3 is 2.48 bits per heavy atom. The van der Waals surface area contributed by atoms with Gasteiger partial charge < -0.3 is 15.2 Å². The average molecular weight is 315 g/mol. The number of aliphatic hydroxyl groups is 1. The van der Waals surface area contributed by atoms with Crippen LogP contribution in [0.4, 0.5) is 4.39 Å². The zero-order valence-corrected chi connectivity index (χ0v) is 13.5. The fourth-order valence-corrected chi connectivity index (χ4v) is 2.38. The summed E-state index contributed by atoms with van der Waals surface area (Å²) in [6, 6.07) is 5.33. The van der Waals surface area contributed by atoms with Gasteiger partial charge in [-0.05, 0) is 51.3 Å². The van der Waals surface area contributed by atoms with E-state index < -0.39 is 5.60 Å². The quantitative estimate of drug-likeness (QED) is 0.810. The number of amides is 1. The lowest BCUT2D eigenvalue weighted by Gasteiger charge is -2.29. The summed E-state index contributed by atoms with van der Waals surface area (Å²) in [7, 11) is 0. The third kappa shape index (κ3) is 5.21. The smallest absolute Gasteiger partial charge is 0.263 e. The minimum absolute atomic E-state index is 0.0120. The van der Waals surface area contributed by atoms with Crippen molar-refractivity contribution in [2.24, 2.45) is 0 Å². The van der Waals surface area contributed by atoms with E-state index in [1.54, 1.807) is 13.8 Å². The van der Waals surface area contributed by atoms with Crippen LogP contribution in [0.25, 0.3) is 0 Å². The van der Waals surface area contributed by atoms with Crippen molar-refractivity contribution in [3.63, 3.8) is 0 Å². The molecule has 21 heavy (non-hydrogen) atoms. The predicted octanol–water partition coefficient (Wildman–Crippen LogP) is 2.21. The summed E-state index contributed by atoms with van der Waals surface area (Å²) in [4.78, 5) is 12.3. The van der Waals surface area contributed by atoms with E-state index in [0.29, 0.717) is 5.75 Å². The second kappa shape index (κ2) is 7.66. The van der Waals surface area contributed by atoms with Crippen LogP contribution in [-0.4, -0.2) is 40.8 Å². The van der Waals surface area contributed by atoms with Crippen molar-refractivity contribution in [1.82, 2.24) is 5.32 Å². The molecule has 0 spiro atoms. The fraction of sp³-hybridized carbons (Fsp3) is 0.533. The van der Waals surface area contributed by atoms with Crippen LogP contribution in [0.15, 0.2) is 24.3 Å². The van der Waals surface area contributed by atoms with Crippen molar-refractivity contribution >= 4 is 17.7 Å². The lowest BCUT2D eigenvalue weighted by molar-refractivity contribution is -0.134. The van der Waals surface area contributed by atoms with Crippen LogP contribution < -0.4 is 10.1 Å². The Morgan fingerprint density at radius 1 is 1.43 bits per heavy atom. The van der Waals surface area contributed by atoms with E-state index in [4.69, 9.17) is 4.74 Å². The highest BCUT2D eigenvalue weighted by Gasteiger charge is 2.32. The van der Waals surface area contributed by atoms with Crippen LogP contribution in [0, 0.1) is 5.82 Å². The molecule has 2 N–H and O–H groups in total. The highest BCUT2D eigenvalue weighted by Crippen LogP contribution is 2.20. The minimum Gasteiger partial charge on any atom is -0.478 e. The zero-order valence-electron chi connectivity index (χ0n) is 12.7. The molecular weight excluding hydrogens is 293 g/mol. The highest BCUT2D eigenvalue weighted by atomic mass is 32.2. The number of carbonyl (C=O) groups is 1. The Labute approximate surface area is 129 Å². The standard InChI is InChI=1S/C15H22FNO3S/c1-10(13(9-18)21-4)17-14(19)15(2,3)20-12-7-5-11(16)6-8-12/h5-8,10,13,18H,9H2,1-4H3,(H,17,19). The van der Waals surface area contributed by atoms with Gasteiger partial charge in [-0.1, -0.05) is 0 Å². The summed E-state index contributed by atoms with van der Waals surface area (Å²) in [5.74, 6) is -0.219. The maximum Gasteiger partial charge on any atom is 0.263 e. The number of thioether (sulfide) groups is 1. The maximum atomic E-state index is 12.9. The zero-order chi connectivity index (χ0) is 16.0. The van der Waals surface area contributed by atoms with Crippen molar-refractivity contribution in [2.75, 3.05) is 12.9 Å². The van der Waals surface area contributed by atoms with E-state index in [1.165, 1.54) is 36.0 Å². The van der Waals surface area contributed by atoms with E-state index in [-0.39, 0.29) is 29.6 Å². The summed E-state index contributed by atoms with van der Waals surface area (Å²) in [5.41, 5.74) is -1.09. The van der Waals surface area contributed by atoms with Gasteiger partial charge in [0, 0.05) is 11.3 Å². The summed E-state index contributed by atoms with van der Waals surface area (Å²) in [6.07, 6.45) is 1.88. The van der Waals surface area contributed by atoms with Gasteiger partial charge in [-0.2, -0.15) is 11.8 Å². The summed E-state index contributed by atoms with van der Waals surface area (Å²) in [6.45, 7) is 5.11. The van der Waals surface area contributed by atoms with Gasteiger partial charge in [0.2, 0.25) is 0 Å². The van der Waals surface area contributed by atoms with Gasteiger partial charge in [0.25, 0.3) is 5.91 Å². The number of hydrogen-bond acceptors (Lipinski definition) is 4. The first kappa shape index (κ1) is 17.8. The SMILES string of the molecule is CSC(CO)C(C)NC(=O)C(C)(C)Oc1ccc(F)cc1. The molecule has 0 bridgehead atoms. The Kier molecular flexibility index (Phi) is 6.48. The molecule has 0 aliphatic rings. The van der Waals surface area contributed by atoms with E-state index in [2.05, 4.69) is 5.32 Å². The first-order valence-corrected chi connectivity index (χ1v) is 7.98. The van der Waals surface area contributed by atoms with Crippen LogP contribution in [0.1, 0.15) is 20.8 Å². The molecular formula is C15H22FNO3S. The minimum atomic E-state index is -1.09. The summed E-state index contributed by atoms with van der Waals surface area (Å²) >= 11 is 1.49. The molecule has 0 radical (unpaired) electrons. The van der Waals surface area contributed by atoms with Crippen molar-refractivity contribution in [1.29, 1.82) is 0 Å². The molecule has 0 aliphatic heterocycles. The number of aliphatic hydroxyl groups excluding tert-OH is 1. The molecule has 1 aromatic carbocycles. The number of nitrogens with one attached hydrogen (secondary N) is 1. The first-order valence-electron chi connectivity index (χ1n) is 6.69. The first-order chi connectivity index (χ1) is 9.80.